The summed E-state index contributed by atoms with van der Waals surface area (Å²) in [6, 6.07) is 18.5. The predicted molar refractivity (Wildman–Crippen MR) is 135 cm³/mol. The molecule has 3 aromatic carbocycles. The van der Waals surface area contributed by atoms with E-state index in [2.05, 4.69) is 21.2 Å². The third-order valence-electron chi connectivity index (χ3n) is 4.79. The Bertz CT molecular complexity index is 1320. The van der Waals surface area contributed by atoms with Crippen molar-refractivity contribution >= 4 is 50.9 Å². The highest BCUT2D eigenvalue weighted by atomic mass is 79.9. The van der Waals surface area contributed by atoms with Gasteiger partial charge in [-0.2, -0.15) is 5.26 Å². The summed E-state index contributed by atoms with van der Waals surface area (Å²) in [7, 11) is 0. The number of hydrogen-bond donors (Lipinski definition) is 1. The van der Waals surface area contributed by atoms with Crippen LogP contribution in [0, 0.1) is 21.4 Å². The molecule has 1 N–H and O–H groups in total. The van der Waals surface area contributed by atoms with Crippen molar-refractivity contribution in [3.05, 3.63) is 103 Å². The number of carbonyl (C=O) groups is 1. The molecule has 3 rings (SSSR count). The van der Waals surface area contributed by atoms with E-state index >= 15 is 0 Å². The molecule has 7 nitrogen and oxygen atoms in total. The van der Waals surface area contributed by atoms with E-state index in [0.29, 0.717) is 29.4 Å². The molecular formula is C25H19BrClN3O4. The number of halogens is 2. The maximum absolute atomic E-state index is 12.6. The van der Waals surface area contributed by atoms with Crippen molar-refractivity contribution in [2.45, 2.75) is 13.3 Å². The van der Waals surface area contributed by atoms with Crippen molar-refractivity contribution in [3.63, 3.8) is 0 Å². The first-order valence-electron chi connectivity index (χ1n) is 10.2. The summed E-state index contributed by atoms with van der Waals surface area (Å²) in [6.07, 6.45) is 1.92. The SMILES string of the molecule is CCOc1cc(/C=C(\C#N)C(=O)Nc2cccc([N+](=O)[O-])c2)cc(Cl)c1Cc1ccccc1Br. The molecule has 0 unspecified atom stereocenters. The quantitative estimate of drug-likeness (QED) is 0.151. The monoisotopic (exact) mass is 539 g/mol. The summed E-state index contributed by atoms with van der Waals surface area (Å²) >= 11 is 10.1. The van der Waals surface area contributed by atoms with Gasteiger partial charge in [0.2, 0.25) is 0 Å². The molecule has 0 aliphatic rings. The van der Waals surface area contributed by atoms with Gasteiger partial charge >= 0.3 is 0 Å². The van der Waals surface area contributed by atoms with Crippen molar-refractivity contribution in [1.29, 1.82) is 5.26 Å². The Labute approximate surface area is 209 Å². The highest BCUT2D eigenvalue weighted by Crippen LogP contribution is 2.33. The summed E-state index contributed by atoms with van der Waals surface area (Å²) in [5.74, 6) is -0.150. The number of ether oxygens (including phenoxy) is 1. The lowest BCUT2D eigenvalue weighted by atomic mass is 10.0. The zero-order chi connectivity index (χ0) is 24.7. The molecule has 0 aliphatic carbocycles. The van der Waals surface area contributed by atoms with E-state index in [1.807, 2.05) is 37.3 Å². The van der Waals surface area contributed by atoms with E-state index in [0.717, 1.165) is 15.6 Å². The molecule has 0 atom stereocenters. The fourth-order valence-corrected chi connectivity index (χ4v) is 3.92. The standard InChI is InChI=1S/C25H19BrClN3O4/c1-2-34-24-12-16(11-23(27)21(24)13-17-6-3-4-9-22(17)26)10-18(15-28)25(31)29-19-7-5-8-20(14-19)30(32)33/h3-12,14H,2,13H2,1H3,(H,29,31)/b18-10+. The summed E-state index contributed by atoms with van der Waals surface area (Å²) < 4.78 is 6.75. The lowest BCUT2D eigenvalue weighted by molar-refractivity contribution is -0.384. The Hall–Kier alpha value is -3.67. The van der Waals surface area contributed by atoms with Crippen LogP contribution < -0.4 is 10.1 Å². The van der Waals surface area contributed by atoms with E-state index in [1.54, 1.807) is 12.1 Å². The van der Waals surface area contributed by atoms with Gasteiger partial charge in [-0.25, -0.2) is 0 Å². The number of nitro benzene ring substituents is 1. The Morgan fingerprint density at radius 3 is 2.68 bits per heavy atom. The minimum Gasteiger partial charge on any atom is -0.494 e. The molecule has 1 amide bonds. The molecule has 0 radical (unpaired) electrons. The summed E-state index contributed by atoms with van der Waals surface area (Å²) in [5.41, 5.74) is 2.17. The average molecular weight is 541 g/mol. The number of hydrogen-bond acceptors (Lipinski definition) is 5. The van der Waals surface area contributed by atoms with Gasteiger partial charge in [-0.1, -0.05) is 51.8 Å². The summed E-state index contributed by atoms with van der Waals surface area (Å²) in [6.45, 7) is 2.26. The van der Waals surface area contributed by atoms with Gasteiger partial charge in [-0.15, -0.1) is 0 Å². The number of nitriles is 1. The van der Waals surface area contributed by atoms with Crippen molar-refractivity contribution in [3.8, 4) is 11.8 Å². The van der Waals surface area contributed by atoms with E-state index in [9.17, 15) is 20.2 Å². The van der Waals surface area contributed by atoms with E-state index in [-0.39, 0.29) is 16.9 Å². The van der Waals surface area contributed by atoms with Gasteiger partial charge in [0.1, 0.15) is 17.4 Å². The second-order valence-electron chi connectivity index (χ2n) is 7.11. The Morgan fingerprint density at radius 1 is 1.24 bits per heavy atom. The second kappa shape index (κ2) is 11.5. The molecule has 0 saturated heterocycles. The van der Waals surface area contributed by atoms with Crippen LogP contribution in [0.2, 0.25) is 5.02 Å². The third-order valence-corrected chi connectivity index (χ3v) is 5.90. The molecule has 0 fully saturated rings. The first-order valence-corrected chi connectivity index (χ1v) is 11.4. The first-order chi connectivity index (χ1) is 16.3. The van der Waals surface area contributed by atoms with Gasteiger partial charge in [0, 0.05) is 39.3 Å². The first kappa shape index (κ1) is 25.0. The van der Waals surface area contributed by atoms with Crippen LogP contribution in [0.25, 0.3) is 6.08 Å². The zero-order valence-electron chi connectivity index (χ0n) is 18.0. The van der Waals surface area contributed by atoms with Crippen LogP contribution >= 0.6 is 27.5 Å². The number of rotatable bonds is 8. The van der Waals surface area contributed by atoms with Gasteiger partial charge in [-0.05, 0) is 48.4 Å². The van der Waals surface area contributed by atoms with Crippen molar-refractivity contribution in [2.24, 2.45) is 0 Å². The van der Waals surface area contributed by atoms with Gasteiger partial charge in [-0.3, -0.25) is 14.9 Å². The zero-order valence-corrected chi connectivity index (χ0v) is 20.4. The maximum Gasteiger partial charge on any atom is 0.271 e. The maximum atomic E-state index is 12.6. The average Bonchev–Trinajstić information content (AvgIpc) is 2.81. The number of benzene rings is 3. The molecule has 0 aromatic heterocycles. The number of nitrogens with one attached hydrogen (secondary N) is 1. The normalized spacial score (nSPS) is 10.9. The molecule has 0 saturated carbocycles. The lowest BCUT2D eigenvalue weighted by Gasteiger charge is -2.14. The molecule has 9 heteroatoms. The molecule has 172 valence electrons. The lowest BCUT2D eigenvalue weighted by Crippen LogP contribution is -2.13. The van der Waals surface area contributed by atoms with Crippen LogP contribution in [-0.4, -0.2) is 17.4 Å². The van der Waals surface area contributed by atoms with Gasteiger partial charge in [0.05, 0.1) is 11.5 Å². The van der Waals surface area contributed by atoms with E-state index < -0.39 is 10.8 Å². The fraction of sp³-hybridized carbons (Fsp3) is 0.120. The minimum atomic E-state index is -0.700. The van der Waals surface area contributed by atoms with Crippen molar-refractivity contribution < 1.29 is 14.5 Å². The Balaban J connectivity index is 1.91. The minimum absolute atomic E-state index is 0.172. The predicted octanol–water partition coefficient (Wildman–Crippen LogP) is 6.55. The highest BCUT2D eigenvalue weighted by molar-refractivity contribution is 9.10. The molecule has 0 bridgehead atoms. The third kappa shape index (κ3) is 6.22. The van der Waals surface area contributed by atoms with Crippen LogP contribution in [0.5, 0.6) is 5.75 Å². The number of nitro groups is 1. The second-order valence-corrected chi connectivity index (χ2v) is 8.37. The largest absolute Gasteiger partial charge is 0.494 e. The number of anilines is 1. The molecule has 34 heavy (non-hydrogen) atoms. The number of nitrogens with zero attached hydrogens (tertiary/aromatic N) is 2. The van der Waals surface area contributed by atoms with E-state index in [1.165, 1.54) is 30.3 Å². The molecule has 0 spiro atoms. The van der Waals surface area contributed by atoms with Gasteiger partial charge in [0.25, 0.3) is 11.6 Å². The van der Waals surface area contributed by atoms with Crippen molar-refractivity contribution in [2.75, 3.05) is 11.9 Å². The fourth-order valence-electron chi connectivity index (χ4n) is 3.21. The Morgan fingerprint density at radius 2 is 2.00 bits per heavy atom. The van der Waals surface area contributed by atoms with Gasteiger partial charge < -0.3 is 10.1 Å². The Kier molecular flexibility index (Phi) is 8.41. The van der Waals surface area contributed by atoms with E-state index in [4.69, 9.17) is 16.3 Å². The summed E-state index contributed by atoms with van der Waals surface area (Å²) in [5, 5.41) is 23.4. The van der Waals surface area contributed by atoms with Crippen LogP contribution in [0.4, 0.5) is 11.4 Å². The van der Waals surface area contributed by atoms with Crippen LogP contribution in [0.3, 0.4) is 0 Å². The van der Waals surface area contributed by atoms with Crippen LogP contribution in [0.1, 0.15) is 23.6 Å². The molecular weight excluding hydrogens is 522 g/mol. The smallest absolute Gasteiger partial charge is 0.271 e. The van der Waals surface area contributed by atoms with Crippen LogP contribution in [-0.2, 0) is 11.2 Å². The van der Waals surface area contributed by atoms with Crippen molar-refractivity contribution in [1.82, 2.24) is 0 Å². The molecule has 0 heterocycles. The van der Waals surface area contributed by atoms with Crippen LogP contribution in [0.15, 0.2) is 70.7 Å². The number of amides is 1. The molecule has 3 aromatic rings. The highest BCUT2D eigenvalue weighted by Gasteiger charge is 2.16. The summed E-state index contributed by atoms with van der Waals surface area (Å²) in [4.78, 5) is 23.0. The molecule has 0 aliphatic heterocycles. The van der Waals surface area contributed by atoms with Gasteiger partial charge in [0.15, 0.2) is 0 Å². The number of carbonyl (C=O) groups excluding carboxylic acids is 1. The number of non-ortho nitro benzene ring substituents is 1. The topological polar surface area (TPSA) is 105 Å².